The van der Waals surface area contributed by atoms with Crippen molar-refractivity contribution in [2.75, 3.05) is 5.32 Å². The van der Waals surface area contributed by atoms with Crippen LogP contribution >= 0.6 is 0 Å². The number of anilines is 1. The van der Waals surface area contributed by atoms with Crippen LogP contribution in [0.15, 0.2) is 24.3 Å². The molecular formula is C23H35N3O2. The summed E-state index contributed by atoms with van der Waals surface area (Å²) in [5, 5.41) is 3.00. The number of carbonyl (C=O) groups excluding carboxylic acids is 2. The SMILES string of the molecule is CC(C)(C)CC(=O)Nc1cccc(CN(C(=O)C2CC2)C2CCCCC2N)c1. The maximum atomic E-state index is 13.0. The van der Waals surface area contributed by atoms with Gasteiger partial charge in [0.2, 0.25) is 11.8 Å². The van der Waals surface area contributed by atoms with E-state index in [1.54, 1.807) is 0 Å². The van der Waals surface area contributed by atoms with Gasteiger partial charge in [-0.2, -0.15) is 0 Å². The summed E-state index contributed by atoms with van der Waals surface area (Å²) in [7, 11) is 0. The molecule has 2 aliphatic rings. The minimum Gasteiger partial charge on any atom is -0.334 e. The predicted octanol–water partition coefficient (Wildman–Crippen LogP) is 4.07. The number of amides is 2. The molecule has 2 fully saturated rings. The van der Waals surface area contributed by atoms with Crippen LogP contribution in [0.1, 0.15) is 71.3 Å². The topological polar surface area (TPSA) is 75.4 Å². The van der Waals surface area contributed by atoms with Crippen molar-refractivity contribution in [1.29, 1.82) is 0 Å². The largest absolute Gasteiger partial charge is 0.334 e. The van der Waals surface area contributed by atoms with Crippen molar-refractivity contribution >= 4 is 17.5 Å². The first kappa shape index (κ1) is 20.8. The Morgan fingerprint density at radius 2 is 1.86 bits per heavy atom. The van der Waals surface area contributed by atoms with Crippen molar-refractivity contribution in [2.45, 2.75) is 84.3 Å². The highest BCUT2D eigenvalue weighted by Crippen LogP contribution is 2.34. The zero-order valence-corrected chi connectivity index (χ0v) is 17.5. The number of benzene rings is 1. The van der Waals surface area contributed by atoms with Gasteiger partial charge in [0.15, 0.2) is 0 Å². The van der Waals surface area contributed by atoms with E-state index in [0.717, 1.165) is 49.8 Å². The van der Waals surface area contributed by atoms with Crippen molar-refractivity contribution in [3.05, 3.63) is 29.8 Å². The summed E-state index contributed by atoms with van der Waals surface area (Å²) in [5.41, 5.74) is 8.18. The molecule has 5 heteroatoms. The van der Waals surface area contributed by atoms with Crippen molar-refractivity contribution < 1.29 is 9.59 Å². The van der Waals surface area contributed by atoms with Gasteiger partial charge in [0, 0.05) is 36.7 Å². The third kappa shape index (κ3) is 5.81. The molecular weight excluding hydrogens is 350 g/mol. The number of nitrogens with two attached hydrogens (primary N) is 1. The number of carbonyl (C=O) groups is 2. The Morgan fingerprint density at radius 1 is 1.14 bits per heavy atom. The third-order valence-corrected chi connectivity index (χ3v) is 5.65. The van der Waals surface area contributed by atoms with Gasteiger partial charge in [-0.05, 0) is 48.8 Å². The first-order valence-electron chi connectivity index (χ1n) is 10.7. The molecule has 0 aliphatic heterocycles. The third-order valence-electron chi connectivity index (χ3n) is 5.65. The fourth-order valence-corrected chi connectivity index (χ4v) is 4.08. The molecule has 2 saturated carbocycles. The van der Waals surface area contributed by atoms with E-state index < -0.39 is 0 Å². The minimum absolute atomic E-state index is 0.0184. The Kier molecular flexibility index (Phi) is 6.43. The number of hydrogen-bond acceptors (Lipinski definition) is 3. The van der Waals surface area contributed by atoms with Crippen molar-refractivity contribution in [3.8, 4) is 0 Å². The lowest BCUT2D eigenvalue weighted by molar-refractivity contribution is -0.136. The average Bonchev–Trinajstić information content (AvgIpc) is 3.43. The van der Waals surface area contributed by atoms with Crippen molar-refractivity contribution in [1.82, 2.24) is 4.90 Å². The molecule has 2 aliphatic carbocycles. The van der Waals surface area contributed by atoms with Gasteiger partial charge in [0.1, 0.15) is 0 Å². The van der Waals surface area contributed by atoms with Gasteiger partial charge in [-0.3, -0.25) is 9.59 Å². The summed E-state index contributed by atoms with van der Waals surface area (Å²) >= 11 is 0. The molecule has 154 valence electrons. The first-order chi connectivity index (χ1) is 13.2. The lowest BCUT2D eigenvalue weighted by Crippen LogP contribution is -2.52. The van der Waals surface area contributed by atoms with Gasteiger partial charge in [-0.25, -0.2) is 0 Å². The molecule has 2 atom stereocenters. The molecule has 0 bridgehead atoms. The molecule has 2 unspecified atom stereocenters. The quantitative estimate of drug-likeness (QED) is 0.775. The second kappa shape index (κ2) is 8.64. The van der Waals surface area contributed by atoms with Crippen LogP contribution < -0.4 is 11.1 Å². The molecule has 2 amide bonds. The number of hydrogen-bond donors (Lipinski definition) is 2. The van der Waals surface area contributed by atoms with Crippen LogP contribution in [0, 0.1) is 11.3 Å². The summed E-state index contributed by atoms with van der Waals surface area (Å²) < 4.78 is 0. The fourth-order valence-electron chi connectivity index (χ4n) is 4.08. The van der Waals surface area contributed by atoms with Crippen LogP contribution in [0.5, 0.6) is 0 Å². The zero-order valence-electron chi connectivity index (χ0n) is 17.5. The van der Waals surface area contributed by atoms with E-state index in [4.69, 9.17) is 5.73 Å². The van der Waals surface area contributed by atoms with E-state index in [9.17, 15) is 9.59 Å². The highest BCUT2D eigenvalue weighted by atomic mass is 16.2. The second-order valence-corrected chi connectivity index (χ2v) is 9.74. The van der Waals surface area contributed by atoms with Crippen LogP contribution in [0.25, 0.3) is 0 Å². The van der Waals surface area contributed by atoms with Crippen molar-refractivity contribution in [2.24, 2.45) is 17.1 Å². The van der Waals surface area contributed by atoms with Gasteiger partial charge in [-0.1, -0.05) is 45.7 Å². The van der Waals surface area contributed by atoms with E-state index >= 15 is 0 Å². The van der Waals surface area contributed by atoms with Crippen LogP contribution in [-0.4, -0.2) is 28.8 Å². The smallest absolute Gasteiger partial charge is 0.226 e. The Bertz CT molecular complexity index is 706. The number of rotatable bonds is 6. The van der Waals surface area contributed by atoms with Gasteiger partial charge in [0.25, 0.3) is 0 Å². The van der Waals surface area contributed by atoms with Crippen LogP contribution in [0.3, 0.4) is 0 Å². The van der Waals surface area contributed by atoms with E-state index in [2.05, 4.69) is 26.1 Å². The minimum atomic E-state index is -0.0493. The number of nitrogens with zero attached hydrogens (tertiary/aromatic N) is 1. The van der Waals surface area contributed by atoms with Crippen LogP contribution in [0.2, 0.25) is 0 Å². The standard InChI is InChI=1S/C23H35N3O2/c1-23(2,3)14-21(27)25-18-8-6-7-16(13-18)15-26(22(28)17-11-12-17)20-10-5-4-9-19(20)24/h6-8,13,17,19-20H,4-5,9-12,14-15,24H2,1-3H3,(H,25,27). The Labute approximate surface area is 169 Å². The van der Waals surface area contributed by atoms with Crippen LogP contribution in [0.4, 0.5) is 5.69 Å². The molecule has 0 aromatic heterocycles. The Hall–Kier alpha value is -1.88. The maximum Gasteiger partial charge on any atom is 0.226 e. The summed E-state index contributed by atoms with van der Waals surface area (Å²) in [6, 6.07) is 8.06. The lowest BCUT2D eigenvalue weighted by Gasteiger charge is -2.38. The molecule has 1 aromatic carbocycles. The van der Waals surface area contributed by atoms with Crippen molar-refractivity contribution in [3.63, 3.8) is 0 Å². The van der Waals surface area contributed by atoms with Gasteiger partial charge < -0.3 is 16.0 Å². The second-order valence-electron chi connectivity index (χ2n) is 9.74. The fraction of sp³-hybridized carbons (Fsp3) is 0.652. The molecule has 28 heavy (non-hydrogen) atoms. The normalized spacial score (nSPS) is 22.6. The highest BCUT2D eigenvalue weighted by Gasteiger charge is 2.38. The highest BCUT2D eigenvalue weighted by molar-refractivity contribution is 5.91. The van der Waals surface area contributed by atoms with Gasteiger partial charge in [-0.15, -0.1) is 0 Å². The summed E-state index contributed by atoms with van der Waals surface area (Å²) in [6.45, 7) is 6.73. The lowest BCUT2D eigenvalue weighted by atomic mass is 9.89. The molecule has 0 saturated heterocycles. The first-order valence-corrected chi connectivity index (χ1v) is 10.7. The monoisotopic (exact) mass is 385 g/mol. The van der Waals surface area contributed by atoms with Crippen LogP contribution in [-0.2, 0) is 16.1 Å². The van der Waals surface area contributed by atoms with Gasteiger partial charge in [0.05, 0.1) is 0 Å². The molecule has 0 radical (unpaired) electrons. The molecule has 5 nitrogen and oxygen atoms in total. The molecule has 0 spiro atoms. The van der Waals surface area contributed by atoms with E-state index in [-0.39, 0.29) is 35.2 Å². The molecule has 3 N–H and O–H groups in total. The maximum absolute atomic E-state index is 13.0. The molecule has 0 heterocycles. The summed E-state index contributed by atoms with van der Waals surface area (Å²) in [5.74, 6) is 0.457. The summed E-state index contributed by atoms with van der Waals surface area (Å²) in [6.07, 6.45) is 6.73. The van der Waals surface area contributed by atoms with E-state index in [0.29, 0.717) is 13.0 Å². The Balaban J connectivity index is 1.71. The Morgan fingerprint density at radius 3 is 2.50 bits per heavy atom. The zero-order chi connectivity index (χ0) is 20.3. The predicted molar refractivity (Wildman–Crippen MR) is 113 cm³/mol. The summed E-state index contributed by atoms with van der Waals surface area (Å²) in [4.78, 5) is 27.3. The average molecular weight is 386 g/mol. The molecule has 3 rings (SSSR count). The number of nitrogens with one attached hydrogen (secondary N) is 1. The van der Waals surface area contributed by atoms with E-state index in [1.807, 2.05) is 29.2 Å². The van der Waals surface area contributed by atoms with Gasteiger partial charge >= 0.3 is 0 Å². The molecule has 1 aromatic rings. The van der Waals surface area contributed by atoms with E-state index in [1.165, 1.54) is 0 Å².